The van der Waals surface area contributed by atoms with Gasteiger partial charge in [-0.15, -0.1) is 0 Å². The fraction of sp³-hybridized carbons (Fsp3) is 0.238. The Labute approximate surface area is 171 Å². The number of carbonyl (C=O) groups excluding carboxylic acids is 1. The SMILES string of the molecule is Cc1cc(=O)[nH]c(-n2nc(C3CC3)cc2NC(=O)/C=C\c2ccc3c(c2)OCO3)n1. The molecule has 0 spiro atoms. The minimum atomic E-state index is -0.328. The van der Waals surface area contributed by atoms with Crippen molar-refractivity contribution in [3.8, 4) is 17.4 Å². The topological polar surface area (TPSA) is 111 Å². The number of aromatic amines is 1. The first-order valence-corrected chi connectivity index (χ1v) is 9.62. The van der Waals surface area contributed by atoms with Crippen LogP contribution < -0.4 is 20.3 Å². The summed E-state index contributed by atoms with van der Waals surface area (Å²) < 4.78 is 12.1. The zero-order valence-corrected chi connectivity index (χ0v) is 16.2. The van der Waals surface area contributed by atoms with E-state index in [-0.39, 0.29) is 24.2 Å². The Kier molecular flexibility index (Phi) is 4.35. The Hall–Kier alpha value is -3.88. The molecule has 9 heteroatoms. The quantitative estimate of drug-likeness (QED) is 0.631. The lowest BCUT2D eigenvalue weighted by Crippen LogP contribution is -2.17. The first-order chi connectivity index (χ1) is 14.5. The van der Waals surface area contributed by atoms with Crippen LogP contribution in [0.4, 0.5) is 5.82 Å². The van der Waals surface area contributed by atoms with Crippen LogP contribution in [0.25, 0.3) is 12.0 Å². The van der Waals surface area contributed by atoms with Gasteiger partial charge in [-0.3, -0.25) is 14.6 Å². The molecule has 3 heterocycles. The van der Waals surface area contributed by atoms with Gasteiger partial charge in [0, 0.05) is 29.8 Å². The second-order valence-electron chi connectivity index (χ2n) is 7.29. The van der Waals surface area contributed by atoms with Crippen LogP contribution in [0.1, 0.15) is 35.7 Å². The van der Waals surface area contributed by atoms with Crippen LogP contribution in [0.2, 0.25) is 0 Å². The van der Waals surface area contributed by atoms with Gasteiger partial charge >= 0.3 is 0 Å². The normalized spacial score (nSPS) is 15.0. The highest BCUT2D eigenvalue weighted by molar-refractivity contribution is 6.01. The van der Waals surface area contributed by atoms with Gasteiger partial charge in [0.05, 0.1) is 5.69 Å². The second kappa shape index (κ2) is 7.18. The summed E-state index contributed by atoms with van der Waals surface area (Å²) in [5.41, 5.74) is 1.97. The van der Waals surface area contributed by atoms with Crippen LogP contribution in [0.15, 0.2) is 41.2 Å². The van der Waals surface area contributed by atoms with E-state index in [1.54, 1.807) is 19.1 Å². The number of aromatic nitrogens is 4. The summed E-state index contributed by atoms with van der Waals surface area (Å²) in [6, 6.07) is 8.68. The number of fused-ring (bicyclic) bond motifs is 1. The van der Waals surface area contributed by atoms with Crippen molar-refractivity contribution in [2.45, 2.75) is 25.7 Å². The molecule has 152 valence electrons. The number of ether oxygens (including phenoxy) is 2. The summed E-state index contributed by atoms with van der Waals surface area (Å²) in [4.78, 5) is 31.4. The van der Waals surface area contributed by atoms with E-state index in [9.17, 15) is 9.59 Å². The molecular formula is C21H19N5O4. The molecule has 0 atom stereocenters. The number of carbonyl (C=O) groups is 1. The minimum absolute atomic E-state index is 0.200. The summed E-state index contributed by atoms with van der Waals surface area (Å²) in [7, 11) is 0. The van der Waals surface area contributed by atoms with Crippen LogP contribution in [-0.2, 0) is 4.79 Å². The van der Waals surface area contributed by atoms with Crippen LogP contribution in [0.5, 0.6) is 11.5 Å². The molecule has 0 unspecified atom stereocenters. The van der Waals surface area contributed by atoms with Gasteiger partial charge in [-0.25, -0.2) is 4.98 Å². The number of rotatable bonds is 5. The van der Waals surface area contributed by atoms with Gasteiger partial charge in [0.1, 0.15) is 5.82 Å². The maximum atomic E-state index is 12.5. The molecule has 3 aromatic rings. The molecule has 2 N–H and O–H groups in total. The van der Waals surface area contributed by atoms with Gasteiger partial charge in [0.15, 0.2) is 11.5 Å². The Morgan fingerprint density at radius 1 is 1.23 bits per heavy atom. The fourth-order valence-electron chi connectivity index (χ4n) is 3.25. The van der Waals surface area contributed by atoms with E-state index < -0.39 is 0 Å². The molecule has 0 bridgehead atoms. The van der Waals surface area contributed by atoms with Crippen LogP contribution in [-0.4, -0.2) is 32.4 Å². The fourth-order valence-corrected chi connectivity index (χ4v) is 3.25. The van der Waals surface area contributed by atoms with Gasteiger partial charge in [-0.1, -0.05) is 6.07 Å². The van der Waals surface area contributed by atoms with E-state index in [0.29, 0.717) is 28.9 Å². The molecule has 0 saturated heterocycles. The maximum Gasteiger partial charge on any atom is 0.252 e. The summed E-state index contributed by atoms with van der Waals surface area (Å²) in [5, 5.41) is 7.38. The van der Waals surface area contributed by atoms with Crippen LogP contribution >= 0.6 is 0 Å². The van der Waals surface area contributed by atoms with Crippen molar-refractivity contribution >= 4 is 17.8 Å². The summed E-state index contributed by atoms with van der Waals surface area (Å²) >= 11 is 0. The number of nitrogens with one attached hydrogen (secondary N) is 2. The number of anilines is 1. The Balaban J connectivity index is 1.39. The van der Waals surface area contributed by atoms with E-state index in [2.05, 4.69) is 20.4 Å². The number of H-pyrrole nitrogens is 1. The van der Waals surface area contributed by atoms with Crippen molar-refractivity contribution in [1.82, 2.24) is 19.7 Å². The molecule has 1 amide bonds. The molecule has 0 radical (unpaired) electrons. The third-order valence-electron chi connectivity index (χ3n) is 4.86. The van der Waals surface area contributed by atoms with Crippen molar-refractivity contribution in [3.63, 3.8) is 0 Å². The van der Waals surface area contributed by atoms with E-state index in [4.69, 9.17) is 9.47 Å². The van der Waals surface area contributed by atoms with E-state index in [0.717, 1.165) is 24.1 Å². The third kappa shape index (κ3) is 3.69. The average molecular weight is 405 g/mol. The maximum absolute atomic E-state index is 12.5. The van der Waals surface area contributed by atoms with Gasteiger partial charge in [0.25, 0.3) is 5.56 Å². The zero-order valence-electron chi connectivity index (χ0n) is 16.2. The molecule has 2 aliphatic rings. The lowest BCUT2D eigenvalue weighted by Gasteiger charge is -2.07. The summed E-state index contributed by atoms with van der Waals surface area (Å²) in [6.07, 6.45) is 5.24. The number of aryl methyl sites for hydroxylation is 1. The Morgan fingerprint density at radius 2 is 2.07 bits per heavy atom. The molecule has 1 saturated carbocycles. The predicted molar refractivity (Wildman–Crippen MR) is 109 cm³/mol. The van der Waals surface area contributed by atoms with Crippen LogP contribution in [0, 0.1) is 6.92 Å². The number of hydrogen-bond donors (Lipinski definition) is 2. The first-order valence-electron chi connectivity index (χ1n) is 9.62. The lowest BCUT2D eigenvalue weighted by molar-refractivity contribution is -0.111. The minimum Gasteiger partial charge on any atom is -0.454 e. The molecule has 1 aromatic carbocycles. The second-order valence-corrected chi connectivity index (χ2v) is 7.29. The molecule has 2 aromatic heterocycles. The number of amides is 1. The van der Waals surface area contributed by atoms with Gasteiger partial charge in [0.2, 0.25) is 18.6 Å². The van der Waals surface area contributed by atoms with Crippen molar-refractivity contribution < 1.29 is 14.3 Å². The molecule has 9 nitrogen and oxygen atoms in total. The van der Waals surface area contributed by atoms with E-state index in [1.807, 2.05) is 18.2 Å². The van der Waals surface area contributed by atoms with Crippen molar-refractivity contribution in [2.75, 3.05) is 12.1 Å². The zero-order chi connectivity index (χ0) is 20.7. The van der Waals surface area contributed by atoms with E-state index in [1.165, 1.54) is 16.8 Å². The smallest absolute Gasteiger partial charge is 0.252 e. The largest absolute Gasteiger partial charge is 0.454 e. The molecule has 5 rings (SSSR count). The van der Waals surface area contributed by atoms with Gasteiger partial charge in [-0.05, 0) is 43.5 Å². The molecule has 1 aliphatic heterocycles. The highest BCUT2D eigenvalue weighted by atomic mass is 16.7. The first kappa shape index (κ1) is 18.2. The highest BCUT2D eigenvalue weighted by Crippen LogP contribution is 2.40. The average Bonchev–Trinajstić information content (AvgIpc) is 3.31. The van der Waals surface area contributed by atoms with E-state index >= 15 is 0 Å². The third-order valence-corrected chi connectivity index (χ3v) is 4.86. The molecular weight excluding hydrogens is 386 g/mol. The van der Waals surface area contributed by atoms with Gasteiger partial charge < -0.3 is 14.8 Å². The predicted octanol–water partition coefficient (Wildman–Crippen LogP) is 2.52. The Morgan fingerprint density at radius 3 is 2.87 bits per heavy atom. The summed E-state index contributed by atoms with van der Waals surface area (Å²) in [6.45, 7) is 1.93. The monoisotopic (exact) mass is 405 g/mol. The Bertz CT molecular complexity index is 1220. The van der Waals surface area contributed by atoms with Crippen LogP contribution in [0.3, 0.4) is 0 Å². The lowest BCUT2D eigenvalue weighted by atomic mass is 10.2. The van der Waals surface area contributed by atoms with Gasteiger partial charge in [-0.2, -0.15) is 9.78 Å². The van der Waals surface area contributed by atoms with Crippen molar-refractivity contribution in [3.05, 3.63) is 63.7 Å². The van der Waals surface area contributed by atoms with Crippen molar-refractivity contribution in [2.24, 2.45) is 0 Å². The number of benzene rings is 1. The standard InChI is InChI=1S/C21H19N5O4/c1-12-8-20(28)24-21(22-12)26-18(10-15(25-26)14-4-5-14)23-19(27)7-3-13-2-6-16-17(9-13)30-11-29-16/h2-3,6-10,14H,4-5,11H2,1H3,(H,23,27)(H,22,24,28)/b7-3-. The number of nitrogens with zero attached hydrogens (tertiary/aromatic N) is 3. The molecule has 30 heavy (non-hydrogen) atoms. The van der Waals surface area contributed by atoms with Crippen molar-refractivity contribution in [1.29, 1.82) is 0 Å². The molecule has 1 aliphatic carbocycles. The summed E-state index contributed by atoms with van der Waals surface area (Å²) in [5.74, 6) is 2.11. The number of hydrogen-bond acceptors (Lipinski definition) is 6. The highest BCUT2D eigenvalue weighted by Gasteiger charge is 2.28. The molecule has 1 fully saturated rings.